The first-order valence-corrected chi connectivity index (χ1v) is 1.83. The molecule has 0 amide bonds. The molecule has 1 heterocycles. The van der Waals surface area contributed by atoms with E-state index in [-0.39, 0.29) is 5.70 Å². The highest BCUT2D eigenvalue weighted by atomic mass is 19.1. The molecule has 36 valence electrons. The molecule has 0 aliphatic carbocycles. The topological polar surface area (TPSA) is 26.5 Å². The molecule has 0 atom stereocenters. The zero-order chi connectivity index (χ0) is 5.11. The number of hydrogen-bond donors (Lipinski definition) is 0. The van der Waals surface area contributed by atoms with Gasteiger partial charge in [-0.1, -0.05) is 0 Å². The minimum absolute atomic E-state index is 0.278. The lowest BCUT2D eigenvalue weighted by molar-refractivity contribution is 0.540. The van der Waals surface area contributed by atoms with Crippen molar-refractivity contribution in [2.24, 2.45) is 4.99 Å². The van der Waals surface area contributed by atoms with Crippen LogP contribution in [0.2, 0.25) is 0 Å². The number of alkyl halides is 1. The summed E-state index contributed by atoms with van der Waals surface area (Å²) in [6.45, 7) is -0.569. The molecule has 0 spiro atoms. The summed E-state index contributed by atoms with van der Waals surface area (Å²) in [5.74, 6) is 0. The van der Waals surface area contributed by atoms with Crippen molar-refractivity contribution in [2.45, 2.75) is 0 Å². The first-order chi connectivity index (χ1) is 3.43. The van der Waals surface area contributed by atoms with E-state index in [2.05, 4.69) is 16.5 Å². The van der Waals surface area contributed by atoms with Gasteiger partial charge in [-0.3, -0.25) is 0 Å². The summed E-state index contributed by atoms with van der Waals surface area (Å²) >= 11 is 0. The van der Waals surface area contributed by atoms with Gasteiger partial charge in [0.2, 0.25) is 0 Å². The number of allylic oxidation sites excluding steroid dienone is 1. The van der Waals surface area contributed by atoms with E-state index in [0.717, 1.165) is 0 Å². The summed E-state index contributed by atoms with van der Waals surface area (Å²) in [4.78, 5) is 3.49. The van der Waals surface area contributed by atoms with Crippen molar-refractivity contribution in [3.8, 4) is 0 Å². The van der Waals surface area contributed by atoms with Crippen LogP contribution >= 0.6 is 0 Å². The molecule has 1 aliphatic rings. The minimum Gasteiger partial charge on any atom is -0.244 e. The van der Waals surface area contributed by atoms with Crippen LogP contribution in [0.3, 0.4) is 0 Å². The molecule has 0 bridgehead atoms. The Bertz CT molecular complexity index is 117. The van der Waals surface area contributed by atoms with Crippen molar-refractivity contribution in [2.75, 3.05) is 6.67 Å². The van der Waals surface area contributed by atoms with Crippen LogP contribution in [0.15, 0.2) is 10.7 Å². The maximum Gasteiger partial charge on any atom is 0.134 e. The zero-order valence-corrected chi connectivity index (χ0v) is 3.56. The van der Waals surface area contributed by atoms with Crippen LogP contribution in [0.25, 0.3) is 0 Å². The SMILES string of the molecule is FCC1=[C][N]C=N1. The Balaban J connectivity index is 2.52. The van der Waals surface area contributed by atoms with Gasteiger partial charge in [-0.25, -0.2) is 14.7 Å². The normalized spacial score (nSPS) is 16.4. The quantitative estimate of drug-likeness (QED) is 0.449. The molecule has 0 N–H and O–H groups in total. The van der Waals surface area contributed by atoms with Gasteiger partial charge in [0.05, 0.1) is 0 Å². The highest BCUT2D eigenvalue weighted by molar-refractivity contribution is 5.59. The predicted molar refractivity (Wildman–Crippen MR) is 23.4 cm³/mol. The maximum absolute atomic E-state index is 11.4. The summed E-state index contributed by atoms with van der Waals surface area (Å²) in [7, 11) is 0. The molecule has 0 unspecified atom stereocenters. The van der Waals surface area contributed by atoms with Crippen LogP contribution in [-0.2, 0) is 0 Å². The molecule has 2 radical (unpaired) electrons. The second-order valence-corrected chi connectivity index (χ2v) is 1.07. The first kappa shape index (κ1) is 4.30. The third-order valence-corrected chi connectivity index (χ3v) is 0.591. The van der Waals surface area contributed by atoms with E-state index in [1.165, 1.54) is 6.34 Å². The number of rotatable bonds is 1. The second-order valence-electron chi connectivity index (χ2n) is 1.07. The predicted octanol–water partition coefficient (Wildman–Crippen LogP) is 0.247. The van der Waals surface area contributed by atoms with Crippen LogP contribution in [0.4, 0.5) is 4.39 Å². The average Bonchev–Trinajstić information content (AvgIpc) is 2.14. The van der Waals surface area contributed by atoms with Crippen molar-refractivity contribution >= 4 is 6.34 Å². The van der Waals surface area contributed by atoms with Crippen LogP contribution in [0.5, 0.6) is 0 Å². The molecule has 1 rings (SSSR count). The van der Waals surface area contributed by atoms with Gasteiger partial charge in [0.1, 0.15) is 24.9 Å². The Labute approximate surface area is 40.7 Å². The molecule has 3 heteroatoms. The Morgan fingerprint density at radius 1 is 1.86 bits per heavy atom. The minimum atomic E-state index is -0.569. The van der Waals surface area contributed by atoms with Crippen molar-refractivity contribution in [3.63, 3.8) is 0 Å². The molecule has 1 aliphatic heterocycles. The van der Waals surface area contributed by atoms with Crippen molar-refractivity contribution in [3.05, 3.63) is 11.9 Å². The lowest BCUT2D eigenvalue weighted by atomic mass is 10.6. The molecule has 0 fully saturated rings. The summed E-state index contributed by atoms with van der Waals surface area (Å²) in [6.07, 6.45) is 3.62. The number of aliphatic imine (C=N–C) groups is 1. The van der Waals surface area contributed by atoms with Gasteiger partial charge in [-0.2, -0.15) is 0 Å². The molecule has 7 heavy (non-hydrogen) atoms. The molecule has 2 nitrogen and oxygen atoms in total. The van der Waals surface area contributed by atoms with E-state index in [4.69, 9.17) is 0 Å². The Morgan fingerprint density at radius 2 is 2.71 bits per heavy atom. The van der Waals surface area contributed by atoms with Gasteiger partial charge in [0, 0.05) is 0 Å². The number of hydrogen-bond acceptors (Lipinski definition) is 1. The van der Waals surface area contributed by atoms with E-state index in [0.29, 0.717) is 0 Å². The highest BCUT2D eigenvalue weighted by Crippen LogP contribution is 1.97. The van der Waals surface area contributed by atoms with Crippen molar-refractivity contribution < 1.29 is 4.39 Å². The molecule has 0 aromatic carbocycles. The Kier molecular flexibility index (Phi) is 1.06. The van der Waals surface area contributed by atoms with E-state index < -0.39 is 6.67 Å². The monoisotopic (exact) mass is 98.0 g/mol. The van der Waals surface area contributed by atoms with Crippen LogP contribution in [-0.4, -0.2) is 13.0 Å². The van der Waals surface area contributed by atoms with Gasteiger partial charge < -0.3 is 0 Å². The lowest BCUT2D eigenvalue weighted by Crippen LogP contribution is -1.82. The van der Waals surface area contributed by atoms with Crippen LogP contribution in [0.1, 0.15) is 0 Å². The van der Waals surface area contributed by atoms with Gasteiger partial charge >= 0.3 is 0 Å². The third-order valence-electron chi connectivity index (χ3n) is 0.591. The van der Waals surface area contributed by atoms with Gasteiger partial charge in [0.25, 0.3) is 0 Å². The van der Waals surface area contributed by atoms with Crippen molar-refractivity contribution in [1.29, 1.82) is 0 Å². The van der Waals surface area contributed by atoms with E-state index in [9.17, 15) is 4.39 Å². The molecule has 0 aromatic rings. The molecule has 0 saturated heterocycles. The second kappa shape index (κ2) is 1.73. The molecule has 0 aromatic heterocycles. The average molecular weight is 98.1 g/mol. The van der Waals surface area contributed by atoms with Crippen molar-refractivity contribution in [1.82, 2.24) is 5.32 Å². The molecular weight excluding hydrogens is 95.1 g/mol. The van der Waals surface area contributed by atoms with Gasteiger partial charge in [-0.15, -0.1) is 0 Å². The first-order valence-electron chi connectivity index (χ1n) is 1.83. The van der Waals surface area contributed by atoms with E-state index >= 15 is 0 Å². The third kappa shape index (κ3) is 0.765. The summed E-state index contributed by atoms with van der Waals surface area (Å²) < 4.78 is 11.4. The molecular formula is C4H3FN2. The largest absolute Gasteiger partial charge is 0.244 e. The Morgan fingerprint density at radius 3 is 3.00 bits per heavy atom. The van der Waals surface area contributed by atoms with E-state index in [1.807, 2.05) is 0 Å². The smallest absolute Gasteiger partial charge is 0.134 e. The van der Waals surface area contributed by atoms with Gasteiger partial charge in [-0.05, 0) is 0 Å². The maximum atomic E-state index is 11.4. The Hall–Kier alpha value is -0.860. The fourth-order valence-electron chi connectivity index (χ4n) is 0.295. The zero-order valence-electron chi connectivity index (χ0n) is 3.56. The fourth-order valence-corrected chi connectivity index (χ4v) is 0.295. The van der Waals surface area contributed by atoms with Crippen LogP contribution in [0, 0.1) is 6.20 Å². The standard InChI is InChI=1S/C4H3FN2/c5-1-4-2-6-3-7-4/h3H,1H2. The fraction of sp³-hybridized carbons (Fsp3) is 0.250. The summed E-state index contributed by atoms with van der Waals surface area (Å²) in [5, 5.41) is 3.42. The molecule has 0 saturated carbocycles. The number of nitrogens with zero attached hydrogens (tertiary/aromatic N) is 2. The summed E-state index contributed by atoms with van der Waals surface area (Å²) in [6, 6.07) is 0. The lowest BCUT2D eigenvalue weighted by Gasteiger charge is -1.77. The highest BCUT2D eigenvalue weighted by Gasteiger charge is 1.96. The number of halogens is 1. The van der Waals surface area contributed by atoms with E-state index in [1.54, 1.807) is 0 Å². The summed E-state index contributed by atoms with van der Waals surface area (Å²) in [5.41, 5.74) is 0.278. The van der Waals surface area contributed by atoms with Crippen LogP contribution < -0.4 is 5.32 Å². The van der Waals surface area contributed by atoms with Gasteiger partial charge in [0.15, 0.2) is 0 Å².